The van der Waals surface area contributed by atoms with Crippen molar-refractivity contribution in [3.8, 4) is 34.4 Å². The molecule has 0 saturated carbocycles. The molecule has 1 heterocycles. The summed E-state index contributed by atoms with van der Waals surface area (Å²) in [7, 11) is 0. The summed E-state index contributed by atoms with van der Waals surface area (Å²) in [5.74, 6) is 2.73. The summed E-state index contributed by atoms with van der Waals surface area (Å²) in [5.41, 5.74) is 1.76. The fourth-order valence-electron chi connectivity index (χ4n) is 3.25. The van der Waals surface area contributed by atoms with Gasteiger partial charge in [-0.3, -0.25) is 0 Å². The lowest BCUT2D eigenvalue weighted by molar-refractivity contribution is 0.304. The largest absolute Gasteiger partial charge is 0.494 e. The number of aromatic nitrogens is 2. The molecule has 0 aliphatic heterocycles. The second-order valence-corrected chi connectivity index (χ2v) is 7.78. The number of nitrogens with zero attached hydrogens (tertiary/aromatic N) is 2. The van der Waals surface area contributed by atoms with Gasteiger partial charge in [-0.15, -0.1) is 10.2 Å². The van der Waals surface area contributed by atoms with Crippen LogP contribution in [0.4, 0.5) is 0 Å². The first-order valence-electron chi connectivity index (χ1n) is 11.6. The summed E-state index contributed by atoms with van der Waals surface area (Å²) >= 11 is 0. The molecule has 0 N–H and O–H groups in total. The Morgan fingerprint density at radius 2 is 1.03 bits per heavy atom. The molecule has 166 valence electrons. The van der Waals surface area contributed by atoms with Crippen LogP contribution < -0.4 is 9.47 Å². The summed E-state index contributed by atoms with van der Waals surface area (Å²) in [6.07, 6.45) is 9.74. The molecule has 0 radical (unpaired) electrons. The SMILES string of the molecule is CCCCCCCCOc1ccc(-c2nnc(-c3ccc(OCCCC)cc3)o2)cc1. The minimum atomic E-state index is 0.499. The van der Waals surface area contributed by atoms with E-state index in [-0.39, 0.29) is 0 Å². The summed E-state index contributed by atoms with van der Waals surface area (Å²) in [6, 6.07) is 15.6. The molecule has 0 aliphatic rings. The van der Waals surface area contributed by atoms with Gasteiger partial charge in [0.05, 0.1) is 13.2 Å². The van der Waals surface area contributed by atoms with Crippen molar-refractivity contribution in [1.82, 2.24) is 10.2 Å². The Morgan fingerprint density at radius 1 is 0.581 bits per heavy atom. The molecule has 0 saturated heterocycles. The monoisotopic (exact) mass is 422 g/mol. The summed E-state index contributed by atoms with van der Waals surface area (Å²) in [6.45, 7) is 5.88. The second kappa shape index (κ2) is 12.8. The van der Waals surface area contributed by atoms with E-state index in [9.17, 15) is 0 Å². The molecule has 3 aromatic rings. The van der Waals surface area contributed by atoms with Gasteiger partial charge in [0.25, 0.3) is 0 Å². The van der Waals surface area contributed by atoms with Crippen LogP contribution in [-0.4, -0.2) is 23.4 Å². The first kappa shape index (κ1) is 22.9. The molecule has 0 unspecified atom stereocenters. The molecule has 0 fully saturated rings. The average molecular weight is 423 g/mol. The van der Waals surface area contributed by atoms with Gasteiger partial charge in [0.15, 0.2) is 0 Å². The van der Waals surface area contributed by atoms with E-state index >= 15 is 0 Å². The van der Waals surface area contributed by atoms with E-state index in [1.54, 1.807) is 0 Å². The highest BCUT2D eigenvalue weighted by atomic mass is 16.5. The standard InChI is InChI=1S/C26H34N2O3/c1-3-5-7-8-9-10-20-30-24-17-13-22(14-18-24)26-28-27-25(31-26)21-11-15-23(16-12-21)29-19-6-4-2/h11-18H,3-10,19-20H2,1-2H3. The molecule has 5 heteroatoms. The molecule has 0 bridgehead atoms. The molecule has 5 nitrogen and oxygen atoms in total. The van der Waals surface area contributed by atoms with E-state index in [1.807, 2.05) is 48.5 Å². The van der Waals surface area contributed by atoms with E-state index in [1.165, 1.54) is 32.1 Å². The van der Waals surface area contributed by atoms with Crippen molar-refractivity contribution in [3.05, 3.63) is 48.5 Å². The normalized spacial score (nSPS) is 10.9. The van der Waals surface area contributed by atoms with Crippen LogP contribution in [0, 0.1) is 0 Å². The van der Waals surface area contributed by atoms with Crippen LogP contribution in [0.5, 0.6) is 11.5 Å². The number of hydrogen-bond acceptors (Lipinski definition) is 5. The molecule has 0 spiro atoms. The van der Waals surface area contributed by atoms with Crippen LogP contribution in [0.1, 0.15) is 65.2 Å². The third-order valence-corrected chi connectivity index (χ3v) is 5.16. The van der Waals surface area contributed by atoms with Crippen molar-refractivity contribution in [2.24, 2.45) is 0 Å². The van der Waals surface area contributed by atoms with Crippen LogP contribution in [0.25, 0.3) is 22.9 Å². The van der Waals surface area contributed by atoms with Crippen molar-refractivity contribution in [3.63, 3.8) is 0 Å². The Kier molecular flexibility index (Phi) is 9.42. The van der Waals surface area contributed by atoms with E-state index in [2.05, 4.69) is 24.0 Å². The quantitative estimate of drug-likeness (QED) is 0.255. The minimum Gasteiger partial charge on any atom is -0.494 e. The smallest absolute Gasteiger partial charge is 0.248 e. The number of ether oxygens (including phenoxy) is 2. The van der Waals surface area contributed by atoms with Gasteiger partial charge in [-0.2, -0.15) is 0 Å². The molecule has 3 rings (SSSR count). The van der Waals surface area contributed by atoms with Gasteiger partial charge >= 0.3 is 0 Å². The molecule has 2 aromatic carbocycles. The summed E-state index contributed by atoms with van der Waals surface area (Å²) in [4.78, 5) is 0. The maximum atomic E-state index is 5.88. The number of unbranched alkanes of at least 4 members (excludes halogenated alkanes) is 6. The van der Waals surface area contributed by atoms with E-state index < -0.39 is 0 Å². The van der Waals surface area contributed by atoms with Crippen LogP contribution >= 0.6 is 0 Å². The fraction of sp³-hybridized carbons (Fsp3) is 0.462. The third kappa shape index (κ3) is 7.42. The molecule has 0 aliphatic carbocycles. The van der Waals surface area contributed by atoms with Gasteiger partial charge in [0.2, 0.25) is 11.8 Å². The maximum absolute atomic E-state index is 5.88. The Balaban J connectivity index is 1.49. The van der Waals surface area contributed by atoms with Crippen LogP contribution in [0.2, 0.25) is 0 Å². The summed E-state index contributed by atoms with van der Waals surface area (Å²) < 4.78 is 17.4. The number of hydrogen-bond donors (Lipinski definition) is 0. The highest BCUT2D eigenvalue weighted by Gasteiger charge is 2.11. The topological polar surface area (TPSA) is 57.4 Å². The van der Waals surface area contributed by atoms with Crippen molar-refractivity contribution in [2.75, 3.05) is 13.2 Å². The third-order valence-electron chi connectivity index (χ3n) is 5.16. The van der Waals surface area contributed by atoms with E-state index in [4.69, 9.17) is 13.9 Å². The predicted octanol–water partition coefficient (Wildman–Crippen LogP) is 7.32. The maximum Gasteiger partial charge on any atom is 0.248 e. The fourth-order valence-corrected chi connectivity index (χ4v) is 3.25. The zero-order chi connectivity index (χ0) is 21.7. The van der Waals surface area contributed by atoms with Crippen LogP contribution in [0.15, 0.2) is 52.9 Å². The molecular formula is C26H34N2O3. The Morgan fingerprint density at radius 3 is 1.55 bits per heavy atom. The van der Waals surface area contributed by atoms with Crippen molar-refractivity contribution in [2.45, 2.75) is 65.2 Å². The Labute approximate surface area is 185 Å². The molecule has 31 heavy (non-hydrogen) atoms. The lowest BCUT2D eigenvalue weighted by Crippen LogP contribution is -1.97. The zero-order valence-electron chi connectivity index (χ0n) is 18.8. The lowest BCUT2D eigenvalue weighted by Gasteiger charge is -2.06. The van der Waals surface area contributed by atoms with E-state index in [0.29, 0.717) is 11.8 Å². The van der Waals surface area contributed by atoms with Crippen molar-refractivity contribution >= 4 is 0 Å². The Bertz CT molecular complexity index is 872. The van der Waals surface area contributed by atoms with Crippen LogP contribution in [0.3, 0.4) is 0 Å². The molecular weight excluding hydrogens is 388 g/mol. The summed E-state index contributed by atoms with van der Waals surface area (Å²) in [5, 5.41) is 8.39. The van der Waals surface area contributed by atoms with Gasteiger partial charge in [0, 0.05) is 11.1 Å². The molecule has 0 amide bonds. The van der Waals surface area contributed by atoms with Crippen molar-refractivity contribution in [1.29, 1.82) is 0 Å². The van der Waals surface area contributed by atoms with Gasteiger partial charge < -0.3 is 13.9 Å². The first-order valence-corrected chi connectivity index (χ1v) is 11.6. The molecule has 1 aromatic heterocycles. The highest BCUT2D eigenvalue weighted by Crippen LogP contribution is 2.26. The second-order valence-electron chi connectivity index (χ2n) is 7.78. The van der Waals surface area contributed by atoms with Crippen molar-refractivity contribution < 1.29 is 13.9 Å². The predicted molar refractivity (Wildman–Crippen MR) is 124 cm³/mol. The first-order chi connectivity index (χ1) is 15.3. The van der Waals surface area contributed by atoms with Gasteiger partial charge in [-0.1, -0.05) is 52.4 Å². The van der Waals surface area contributed by atoms with Gasteiger partial charge in [-0.25, -0.2) is 0 Å². The molecule has 0 atom stereocenters. The van der Waals surface area contributed by atoms with Gasteiger partial charge in [0.1, 0.15) is 11.5 Å². The highest BCUT2D eigenvalue weighted by molar-refractivity contribution is 5.59. The minimum absolute atomic E-state index is 0.499. The van der Waals surface area contributed by atoms with E-state index in [0.717, 1.165) is 55.1 Å². The van der Waals surface area contributed by atoms with Gasteiger partial charge in [-0.05, 0) is 61.4 Å². The van der Waals surface area contributed by atoms with Crippen LogP contribution in [-0.2, 0) is 0 Å². The number of benzene rings is 2. The zero-order valence-corrected chi connectivity index (χ0v) is 18.8. The average Bonchev–Trinajstić information content (AvgIpc) is 3.30. The Hall–Kier alpha value is -2.82. The lowest BCUT2D eigenvalue weighted by atomic mass is 10.1. The number of rotatable bonds is 14.